The highest BCUT2D eigenvalue weighted by molar-refractivity contribution is 6.58. The number of rotatable bonds is 3. The molecule has 1 aliphatic rings. The Morgan fingerprint density at radius 3 is 2.58 bits per heavy atom. The lowest BCUT2D eigenvalue weighted by Gasteiger charge is -2.16. The van der Waals surface area contributed by atoms with Gasteiger partial charge in [-0.05, 0) is 35.3 Å². The van der Waals surface area contributed by atoms with Crippen molar-refractivity contribution in [3.63, 3.8) is 0 Å². The van der Waals surface area contributed by atoms with E-state index in [2.05, 4.69) is 5.32 Å². The molecular formula is C19H14BNO3. The van der Waals surface area contributed by atoms with Crippen LogP contribution in [-0.2, 0) is 0 Å². The standard InChI is InChI=1S/C19H14BNO3/c22-18-10-8-12-7-9-17(15-5-2-6-16(18)19(12)15)21-14-4-1-3-13(11-14)20(23)24/h1-11,21,23-24H. The molecule has 24 heavy (non-hydrogen) atoms. The lowest BCUT2D eigenvalue weighted by molar-refractivity contribution is 0.104. The zero-order chi connectivity index (χ0) is 16.7. The van der Waals surface area contributed by atoms with Crippen LogP contribution < -0.4 is 10.8 Å². The molecule has 0 fully saturated rings. The SMILES string of the molecule is O=C1C=Cc2ccc(Nc3cccc(B(O)O)c3)c3cccc1c23. The fourth-order valence-electron chi connectivity index (χ4n) is 3.07. The minimum absolute atomic E-state index is 0.00986. The highest BCUT2D eigenvalue weighted by Crippen LogP contribution is 2.34. The van der Waals surface area contributed by atoms with Crippen LogP contribution in [0.2, 0.25) is 0 Å². The molecule has 0 unspecified atom stereocenters. The molecule has 0 saturated heterocycles. The van der Waals surface area contributed by atoms with Crippen LogP contribution in [0.3, 0.4) is 0 Å². The third kappa shape index (κ3) is 2.40. The number of ketones is 1. The summed E-state index contributed by atoms with van der Waals surface area (Å²) >= 11 is 0. The molecule has 1 aliphatic carbocycles. The van der Waals surface area contributed by atoms with Gasteiger partial charge in [-0.15, -0.1) is 0 Å². The first-order chi connectivity index (χ1) is 11.6. The second-order valence-corrected chi connectivity index (χ2v) is 5.75. The summed E-state index contributed by atoms with van der Waals surface area (Å²) in [7, 11) is -1.51. The first-order valence-corrected chi connectivity index (χ1v) is 7.65. The molecule has 0 atom stereocenters. The Bertz CT molecular complexity index is 995. The van der Waals surface area contributed by atoms with E-state index in [0.29, 0.717) is 11.0 Å². The molecule has 0 spiro atoms. The van der Waals surface area contributed by atoms with Crippen LogP contribution >= 0.6 is 0 Å². The topological polar surface area (TPSA) is 69.6 Å². The Kier molecular flexibility index (Phi) is 3.45. The van der Waals surface area contributed by atoms with E-state index in [1.165, 1.54) is 0 Å². The normalized spacial score (nSPS) is 12.5. The molecule has 4 nitrogen and oxygen atoms in total. The predicted molar refractivity (Wildman–Crippen MR) is 96.9 cm³/mol. The highest BCUT2D eigenvalue weighted by Gasteiger charge is 2.17. The Hall–Kier alpha value is -2.89. The molecule has 0 bridgehead atoms. The second-order valence-electron chi connectivity index (χ2n) is 5.75. The van der Waals surface area contributed by atoms with Crippen molar-refractivity contribution in [1.82, 2.24) is 0 Å². The zero-order valence-corrected chi connectivity index (χ0v) is 12.7. The summed E-state index contributed by atoms with van der Waals surface area (Å²) in [5, 5.41) is 23.8. The maximum atomic E-state index is 12.1. The van der Waals surface area contributed by atoms with Crippen molar-refractivity contribution in [3.05, 3.63) is 71.8 Å². The van der Waals surface area contributed by atoms with Crippen molar-refractivity contribution in [2.45, 2.75) is 0 Å². The van der Waals surface area contributed by atoms with Crippen molar-refractivity contribution in [3.8, 4) is 0 Å². The lowest BCUT2D eigenvalue weighted by atomic mass is 9.80. The van der Waals surface area contributed by atoms with Gasteiger partial charge in [0, 0.05) is 27.7 Å². The summed E-state index contributed by atoms with van der Waals surface area (Å²) in [6, 6.07) is 16.6. The van der Waals surface area contributed by atoms with Crippen LogP contribution in [0.1, 0.15) is 15.9 Å². The Labute approximate surface area is 139 Å². The third-order valence-corrected chi connectivity index (χ3v) is 4.22. The van der Waals surface area contributed by atoms with E-state index in [-0.39, 0.29) is 5.78 Å². The number of nitrogens with one attached hydrogen (secondary N) is 1. The van der Waals surface area contributed by atoms with Gasteiger partial charge in [-0.1, -0.05) is 42.5 Å². The quantitative estimate of drug-likeness (QED) is 0.650. The van der Waals surface area contributed by atoms with Crippen LogP contribution in [0.5, 0.6) is 0 Å². The van der Waals surface area contributed by atoms with Crippen LogP contribution in [0.15, 0.2) is 60.7 Å². The molecular weight excluding hydrogens is 301 g/mol. The minimum atomic E-state index is -1.51. The summed E-state index contributed by atoms with van der Waals surface area (Å²) in [6.07, 6.45) is 3.43. The van der Waals surface area contributed by atoms with Crippen molar-refractivity contribution in [2.24, 2.45) is 0 Å². The zero-order valence-electron chi connectivity index (χ0n) is 12.7. The molecule has 0 heterocycles. The van der Waals surface area contributed by atoms with Crippen molar-refractivity contribution in [2.75, 3.05) is 5.32 Å². The molecule has 3 aromatic rings. The van der Waals surface area contributed by atoms with Gasteiger partial charge in [0.25, 0.3) is 0 Å². The van der Waals surface area contributed by atoms with Gasteiger partial charge in [0.1, 0.15) is 0 Å². The number of carbonyl (C=O) groups is 1. The van der Waals surface area contributed by atoms with E-state index in [4.69, 9.17) is 0 Å². The average molecular weight is 315 g/mol. The largest absolute Gasteiger partial charge is 0.488 e. The van der Waals surface area contributed by atoms with Gasteiger partial charge in [0.15, 0.2) is 5.78 Å². The van der Waals surface area contributed by atoms with Crippen molar-refractivity contribution in [1.29, 1.82) is 0 Å². The molecule has 3 aromatic carbocycles. The molecule has 0 amide bonds. The average Bonchev–Trinajstić information content (AvgIpc) is 2.60. The predicted octanol–water partition coefficient (Wildman–Crippen LogP) is 2.47. The first-order valence-electron chi connectivity index (χ1n) is 7.65. The van der Waals surface area contributed by atoms with Crippen molar-refractivity contribution >= 4 is 46.6 Å². The Balaban J connectivity index is 1.83. The van der Waals surface area contributed by atoms with Crippen LogP contribution in [0.25, 0.3) is 16.8 Å². The van der Waals surface area contributed by atoms with E-state index in [1.54, 1.807) is 24.3 Å². The fourth-order valence-corrected chi connectivity index (χ4v) is 3.07. The number of hydrogen-bond donors (Lipinski definition) is 3. The van der Waals surface area contributed by atoms with Gasteiger partial charge in [0.05, 0.1) is 0 Å². The molecule has 0 aromatic heterocycles. The third-order valence-electron chi connectivity index (χ3n) is 4.22. The van der Waals surface area contributed by atoms with Crippen LogP contribution in [0, 0.1) is 0 Å². The monoisotopic (exact) mass is 315 g/mol. The van der Waals surface area contributed by atoms with Crippen LogP contribution in [-0.4, -0.2) is 22.9 Å². The number of allylic oxidation sites excluding steroid dienone is 1. The first kappa shape index (κ1) is 14.7. The molecule has 0 aliphatic heterocycles. The number of anilines is 2. The van der Waals surface area contributed by atoms with Gasteiger partial charge < -0.3 is 15.4 Å². The van der Waals surface area contributed by atoms with E-state index in [0.717, 1.165) is 27.7 Å². The molecule has 0 radical (unpaired) electrons. The van der Waals surface area contributed by atoms with E-state index in [1.807, 2.05) is 42.5 Å². The molecule has 4 rings (SSSR count). The van der Waals surface area contributed by atoms with Gasteiger partial charge in [0.2, 0.25) is 0 Å². The van der Waals surface area contributed by atoms with Crippen LogP contribution in [0.4, 0.5) is 11.4 Å². The maximum absolute atomic E-state index is 12.1. The summed E-state index contributed by atoms with van der Waals surface area (Å²) in [6.45, 7) is 0. The second kappa shape index (κ2) is 5.63. The molecule has 3 N–H and O–H groups in total. The number of benzene rings is 3. The number of carbonyl (C=O) groups excluding carboxylic acids is 1. The molecule has 116 valence electrons. The van der Waals surface area contributed by atoms with Crippen molar-refractivity contribution < 1.29 is 14.8 Å². The summed E-state index contributed by atoms with van der Waals surface area (Å²) < 4.78 is 0. The Morgan fingerprint density at radius 2 is 1.75 bits per heavy atom. The van der Waals surface area contributed by atoms with Gasteiger partial charge >= 0.3 is 7.12 Å². The summed E-state index contributed by atoms with van der Waals surface area (Å²) in [5.74, 6) is 0.00986. The lowest BCUT2D eigenvalue weighted by Crippen LogP contribution is -2.29. The number of hydrogen-bond acceptors (Lipinski definition) is 4. The van der Waals surface area contributed by atoms with Gasteiger partial charge in [-0.25, -0.2) is 0 Å². The summed E-state index contributed by atoms with van der Waals surface area (Å²) in [5.41, 5.74) is 3.75. The summed E-state index contributed by atoms with van der Waals surface area (Å²) in [4.78, 5) is 12.1. The van der Waals surface area contributed by atoms with E-state index >= 15 is 0 Å². The fraction of sp³-hybridized carbons (Fsp3) is 0. The van der Waals surface area contributed by atoms with Gasteiger partial charge in [-0.3, -0.25) is 4.79 Å². The van der Waals surface area contributed by atoms with E-state index < -0.39 is 7.12 Å². The maximum Gasteiger partial charge on any atom is 0.488 e. The highest BCUT2D eigenvalue weighted by atomic mass is 16.4. The van der Waals surface area contributed by atoms with Gasteiger partial charge in [-0.2, -0.15) is 0 Å². The Morgan fingerprint density at radius 1 is 0.917 bits per heavy atom. The minimum Gasteiger partial charge on any atom is -0.423 e. The van der Waals surface area contributed by atoms with E-state index in [9.17, 15) is 14.8 Å². The molecule has 5 heteroatoms. The molecule has 0 saturated carbocycles. The smallest absolute Gasteiger partial charge is 0.423 e.